The lowest BCUT2D eigenvalue weighted by molar-refractivity contribution is -0.250. The highest BCUT2D eigenvalue weighted by Crippen LogP contribution is 2.52. The van der Waals surface area contributed by atoms with Crippen molar-refractivity contribution in [3.63, 3.8) is 0 Å². The molecule has 4 atom stereocenters. The summed E-state index contributed by atoms with van der Waals surface area (Å²) in [6, 6.07) is 2.51. The molecule has 1 aromatic carbocycles. The van der Waals surface area contributed by atoms with Gasteiger partial charge in [0.2, 0.25) is 5.91 Å². The SMILES string of the molecule is C[C@H]1O[C@H](C(F)(F)F)CN(C2CC3(CCN(C4COC4)CC3)Oc3cc(NC(=O)[C@@H](NC(=O)c4ccnn4C)C(C4CC4)C4CC4)c(F)cc32)C1=O. The first-order valence-corrected chi connectivity index (χ1v) is 18.3. The summed E-state index contributed by atoms with van der Waals surface area (Å²) in [5.41, 5.74) is -0.517. The van der Waals surface area contributed by atoms with Crippen LogP contribution in [0.25, 0.3) is 0 Å². The molecule has 2 aliphatic carbocycles. The third-order valence-electron chi connectivity index (χ3n) is 11.9. The minimum Gasteiger partial charge on any atom is -0.487 e. The Bertz CT molecular complexity index is 1700. The maximum Gasteiger partial charge on any atom is 0.416 e. The first-order chi connectivity index (χ1) is 24.8. The van der Waals surface area contributed by atoms with Gasteiger partial charge in [-0.25, -0.2) is 4.39 Å². The molecule has 8 rings (SSSR count). The number of morpholine rings is 1. The van der Waals surface area contributed by atoms with Gasteiger partial charge >= 0.3 is 6.18 Å². The Kier molecular flexibility index (Phi) is 9.00. The van der Waals surface area contributed by atoms with Crippen LogP contribution in [0.1, 0.15) is 74.0 Å². The first kappa shape index (κ1) is 35.3. The lowest BCUT2D eigenvalue weighted by Gasteiger charge is -2.52. The summed E-state index contributed by atoms with van der Waals surface area (Å²) in [6.07, 6.45) is -1.77. The van der Waals surface area contributed by atoms with E-state index in [2.05, 4.69) is 20.6 Å². The molecule has 0 bridgehead atoms. The zero-order valence-corrected chi connectivity index (χ0v) is 29.2. The molecule has 52 heavy (non-hydrogen) atoms. The summed E-state index contributed by atoms with van der Waals surface area (Å²) in [4.78, 5) is 44.5. The predicted octanol–water partition coefficient (Wildman–Crippen LogP) is 3.97. The van der Waals surface area contributed by atoms with E-state index in [1.807, 2.05) is 0 Å². The van der Waals surface area contributed by atoms with Crippen LogP contribution in [0.5, 0.6) is 5.75 Å². The van der Waals surface area contributed by atoms with E-state index in [0.29, 0.717) is 39.1 Å². The molecule has 5 fully saturated rings. The van der Waals surface area contributed by atoms with Gasteiger partial charge in [-0.05, 0) is 75.3 Å². The molecule has 1 spiro atoms. The van der Waals surface area contributed by atoms with Gasteiger partial charge in [0.25, 0.3) is 11.8 Å². The molecular weight excluding hydrogens is 688 g/mol. The minimum atomic E-state index is -4.71. The van der Waals surface area contributed by atoms with Crippen molar-refractivity contribution in [1.29, 1.82) is 0 Å². The zero-order valence-electron chi connectivity index (χ0n) is 29.2. The van der Waals surface area contributed by atoms with Crippen LogP contribution in [0.4, 0.5) is 23.2 Å². The van der Waals surface area contributed by atoms with E-state index in [9.17, 15) is 27.6 Å². The maximum atomic E-state index is 16.2. The van der Waals surface area contributed by atoms with Crippen LogP contribution in [0.2, 0.25) is 0 Å². The molecule has 2 N–H and O–H groups in total. The van der Waals surface area contributed by atoms with E-state index in [1.54, 1.807) is 13.1 Å². The Morgan fingerprint density at radius 1 is 1.08 bits per heavy atom. The molecule has 0 radical (unpaired) electrons. The molecule has 12 nitrogen and oxygen atoms in total. The van der Waals surface area contributed by atoms with Crippen molar-refractivity contribution in [3.05, 3.63) is 41.5 Å². The average Bonchev–Trinajstić information content (AvgIpc) is 4.02. The van der Waals surface area contributed by atoms with E-state index >= 15 is 4.39 Å². The van der Waals surface area contributed by atoms with Crippen molar-refractivity contribution in [1.82, 2.24) is 24.9 Å². The molecular formula is C36H44F4N6O6. The number of piperidine rings is 1. The summed E-state index contributed by atoms with van der Waals surface area (Å²) in [6.45, 7) is 3.13. The first-order valence-electron chi connectivity index (χ1n) is 18.3. The Morgan fingerprint density at radius 3 is 2.35 bits per heavy atom. The van der Waals surface area contributed by atoms with E-state index in [0.717, 1.165) is 31.7 Å². The summed E-state index contributed by atoms with van der Waals surface area (Å²) < 4.78 is 76.7. The number of halogens is 4. The molecule has 3 saturated heterocycles. The van der Waals surface area contributed by atoms with Gasteiger partial charge in [-0.15, -0.1) is 0 Å². The Hall–Kier alpha value is -3.76. The largest absolute Gasteiger partial charge is 0.487 e. The number of ether oxygens (including phenoxy) is 3. The number of aromatic nitrogens is 2. The van der Waals surface area contributed by atoms with Gasteiger partial charge in [-0.2, -0.15) is 18.3 Å². The van der Waals surface area contributed by atoms with Crippen LogP contribution in [0.3, 0.4) is 0 Å². The number of rotatable bonds is 9. The molecule has 2 saturated carbocycles. The highest BCUT2D eigenvalue weighted by molar-refractivity contribution is 6.01. The standard InChI is InChI=1S/C36H44F4N6O6/c1-19-34(49)46(16-29(51-19)36(38,39)40)27-15-35(8-11-45(12-9-35)22-17-50-18-22)52-28-14-25(24(37)13-23(27)28)42-33(48)31(30(20-3-4-20)21-5-6-21)43-32(47)26-7-10-41-44(26)2/h7,10,13-14,19-22,27,29-31H,3-6,8-9,11-12,15-18H2,1-2H3,(H,42,48)(H,43,47)/t19-,27?,29+,31+/m1/s1. The number of amides is 3. The Morgan fingerprint density at radius 2 is 1.77 bits per heavy atom. The fraction of sp³-hybridized carbons (Fsp3) is 0.667. The summed E-state index contributed by atoms with van der Waals surface area (Å²) >= 11 is 0. The molecule has 1 aromatic heterocycles. The second-order valence-electron chi connectivity index (χ2n) is 15.4. The van der Waals surface area contributed by atoms with Crippen molar-refractivity contribution in [2.24, 2.45) is 24.8 Å². The van der Waals surface area contributed by atoms with Crippen LogP contribution in [0, 0.1) is 23.6 Å². The molecule has 16 heteroatoms. The molecule has 3 amide bonds. The number of aryl methyl sites for hydroxylation is 1. The number of nitrogens with zero attached hydrogens (tertiary/aromatic N) is 4. The number of fused-ring (bicyclic) bond motifs is 1. The Balaban J connectivity index is 1.11. The number of carbonyl (C=O) groups is 3. The monoisotopic (exact) mass is 732 g/mol. The number of nitrogens with one attached hydrogen (secondary N) is 2. The number of hydrogen-bond donors (Lipinski definition) is 2. The van der Waals surface area contributed by atoms with Gasteiger partial charge in [0.15, 0.2) is 6.10 Å². The van der Waals surface area contributed by atoms with Crippen molar-refractivity contribution < 1.29 is 46.2 Å². The fourth-order valence-corrected chi connectivity index (χ4v) is 8.63. The number of hydrogen-bond acceptors (Lipinski definition) is 8. The van der Waals surface area contributed by atoms with Crippen LogP contribution in [0.15, 0.2) is 24.4 Å². The number of benzene rings is 1. The number of anilines is 1. The van der Waals surface area contributed by atoms with E-state index in [1.165, 1.54) is 28.8 Å². The second-order valence-corrected chi connectivity index (χ2v) is 15.4. The van der Waals surface area contributed by atoms with Crippen LogP contribution in [-0.2, 0) is 26.1 Å². The van der Waals surface area contributed by atoms with Gasteiger partial charge in [-0.3, -0.25) is 24.0 Å². The molecule has 2 aromatic rings. The summed E-state index contributed by atoms with van der Waals surface area (Å²) in [5, 5.41) is 9.72. The topological polar surface area (TPSA) is 127 Å². The molecule has 4 aliphatic heterocycles. The lowest BCUT2D eigenvalue weighted by atomic mass is 9.79. The van der Waals surface area contributed by atoms with Gasteiger partial charge in [0.05, 0.1) is 37.5 Å². The quantitative estimate of drug-likeness (QED) is 0.372. The smallest absolute Gasteiger partial charge is 0.416 e. The van der Waals surface area contributed by atoms with Crippen molar-refractivity contribution in [2.45, 2.75) is 94.0 Å². The number of alkyl halides is 3. The fourth-order valence-electron chi connectivity index (χ4n) is 8.63. The third-order valence-corrected chi connectivity index (χ3v) is 11.9. The lowest BCUT2D eigenvalue weighted by Crippen LogP contribution is -2.60. The van der Waals surface area contributed by atoms with E-state index < -0.39 is 66.2 Å². The molecule has 282 valence electrons. The number of carbonyl (C=O) groups excluding carboxylic acids is 3. The highest BCUT2D eigenvalue weighted by atomic mass is 19.4. The average molecular weight is 733 g/mol. The van der Waals surface area contributed by atoms with Gasteiger partial charge in [-0.1, -0.05) is 0 Å². The van der Waals surface area contributed by atoms with Crippen molar-refractivity contribution in [2.75, 3.05) is 38.2 Å². The molecule has 6 aliphatic rings. The van der Waals surface area contributed by atoms with Crippen LogP contribution >= 0.6 is 0 Å². The van der Waals surface area contributed by atoms with Crippen LogP contribution in [-0.4, -0.2) is 106 Å². The predicted molar refractivity (Wildman–Crippen MR) is 177 cm³/mol. The van der Waals surface area contributed by atoms with Crippen molar-refractivity contribution in [3.8, 4) is 5.75 Å². The second kappa shape index (κ2) is 13.3. The van der Waals surface area contributed by atoms with E-state index in [-0.39, 0.29) is 52.9 Å². The van der Waals surface area contributed by atoms with Gasteiger partial charge < -0.3 is 29.7 Å². The molecule has 5 heterocycles. The van der Waals surface area contributed by atoms with Gasteiger partial charge in [0.1, 0.15) is 35.0 Å². The highest BCUT2D eigenvalue weighted by Gasteiger charge is 2.53. The number of likely N-dealkylation sites (tertiary alicyclic amines) is 1. The third kappa shape index (κ3) is 6.77. The minimum absolute atomic E-state index is 0.121. The normalized spacial score (nSPS) is 27.2. The molecule has 1 unspecified atom stereocenters. The van der Waals surface area contributed by atoms with Crippen LogP contribution < -0.4 is 15.4 Å². The summed E-state index contributed by atoms with van der Waals surface area (Å²) in [7, 11) is 1.63. The Labute approximate surface area is 298 Å². The zero-order chi connectivity index (χ0) is 36.5. The van der Waals surface area contributed by atoms with E-state index in [4.69, 9.17) is 14.2 Å². The van der Waals surface area contributed by atoms with Gasteiger partial charge in [0, 0.05) is 44.4 Å². The maximum absolute atomic E-state index is 16.2. The summed E-state index contributed by atoms with van der Waals surface area (Å²) in [5.74, 6) is -1.88. The van der Waals surface area contributed by atoms with Crippen molar-refractivity contribution >= 4 is 23.4 Å².